The molecule has 1 aliphatic rings. The topological polar surface area (TPSA) is 58.6 Å². The Morgan fingerprint density at radius 2 is 1.96 bits per heavy atom. The van der Waals surface area contributed by atoms with E-state index in [1.807, 2.05) is 6.07 Å². The Labute approximate surface area is 139 Å². The van der Waals surface area contributed by atoms with Crippen molar-refractivity contribution in [1.82, 2.24) is 5.32 Å². The van der Waals surface area contributed by atoms with Gasteiger partial charge in [-0.1, -0.05) is 25.0 Å². The van der Waals surface area contributed by atoms with Crippen molar-refractivity contribution in [1.29, 1.82) is 0 Å². The molecule has 1 aliphatic carbocycles. The molecule has 0 spiro atoms. The Kier molecular flexibility index (Phi) is 7.95. The molecule has 0 amide bonds. The summed E-state index contributed by atoms with van der Waals surface area (Å²) in [4.78, 5) is 10.4. The van der Waals surface area contributed by atoms with E-state index in [0.717, 1.165) is 44.5 Å². The van der Waals surface area contributed by atoms with Crippen LogP contribution in [0.25, 0.3) is 0 Å². The summed E-state index contributed by atoms with van der Waals surface area (Å²) in [5, 5.41) is 12.0. The number of benzene rings is 1. The maximum atomic E-state index is 10.4. The Bertz CT molecular complexity index is 469. The van der Waals surface area contributed by atoms with Gasteiger partial charge in [-0.15, -0.1) is 0 Å². The molecule has 0 radical (unpaired) electrons. The van der Waals surface area contributed by atoms with Crippen molar-refractivity contribution in [2.75, 3.05) is 6.54 Å². The lowest BCUT2D eigenvalue weighted by Crippen LogP contribution is -2.15. The summed E-state index contributed by atoms with van der Waals surface area (Å²) < 4.78 is 6.03. The zero-order chi connectivity index (χ0) is 16.3. The summed E-state index contributed by atoms with van der Waals surface area (Å²) in [5.41, 5.74) is 1.26. The summed E-state index contributed by atoms with van der Waals surface area (Å²) in [6.45, 7) is 1.83. The lowest BCUT2D eigenvalue weighted by Gasteiger charge is -2.14. The van der Waals surface area contributed by atoms with Gasteiger partial charge in [0, 0.05) is 13.0 Å². The minimum Gasteiger partial charge on any atom is -0.490 e. The van der Waals surface area contributed by atoms with Crippen molar-refractivity contribution in [2.45, 2.75) is 70.4 Å². The Balaban J connectivity index is 1.57. The second-order valence-electron chi connectivity index (χ2n) is 6.41. The molecule has 4 nitrogen and oxygen atoms in total. The number of unbranched alkanes of at least 4 members (excludes halogenated alkanes) is 3. The highest BCUT2D eigenvalue weighted by atomic mass is 16.5. The van der Waals surface area contributed by atoms with Crippen LogP contribution in [-0.4, -0.2) is 23.7 Å². The van der Waals surface area contributed by atoms with Crippen LogP contribution in [-0.2, 0) is 11.3 Å². The second kappa shape index (κ2) is 10.3. The number of ether oxygens (including phenoxy) is 1. The zero-order valence-corrected chi connectivity index (χ0v) is 13.9. The van der Waals surface area contributed by atoms with Crippen LogP contribution in [0.2, 0.25) is 0 Å². The predicted molar refractivity (Wildman–Crippen MR) is 91.8 cm³/mol. The van der Waals surface area contributed by atoms with Crippen LogP contribution < -0.4 is 10.1 Å². The molecule has 2 rings (SSSR count). The van der Waals surface area contributed by atoms with E-state index < -0.39 is 5.97 Å². The molecule has 128 valence electrons. The molecule has 0 heterocycles. The van der Waals surface area contributed by atoms with Crippen molar-refractivity contribution in [3.63, 3.8) is 0 Å². The molecule has 0 aromatic heterocycles. The standard InChI is InChI=1S/C19H29NO3/c21-19(22)12-3-1-2-6-13-20-15-16-8-7-11-18(14-16)23-17-9-4-5-10-17/h7-8,11,14,17,20H,1-6,9-10,12-13,15H2,(H,21,22). The van der Waals surface area contributed by atoms with Crippen LogP contribution in [0.4, 0.5) is 0 Å². The molecule has 0 saturated heterocycles. The van der Waals surface area contributed by atoms with Crippen molar-refractivity contribution in [3.05, 3.63) is 29.8 Å². The van der Waals surface area contributed by atoms with Gasteiger partial charge in [-0.25, -0.2) is 0 Å². The fourth-order valence-electron chi connectivity index (χ4n) is 3.04. The van der Waals surface area contributed by atoms with Crippen LogP contribution in [0.15, 0.2) is 24.3 Å². The van der Waals surface area contributed by atoms with E-state index in [0.29, 0.717) is 12.5 Å². The van der Waals surface area contributed by atoms with E-state index in [1.54, 1.807) is 0 Å². The minimum atomic E-state index is -0.692. The van der Waals surface area contributed by atoms with Gasteiger partial charge in [0.2, 0.25) is 0 Å². The largest absolute Gasteiger partial charge is 0.490 e. The molecule has 1 fully saturated rings. The lowest BCUT2D eigenvalue weighted by atomic mass is 10.1. The third-order valence-corrected chi connectivity index (χ3v) is 4.33. The number of carbonyl (C=O) groups is 1. The lowest BCUT2D eigenvalue weighted by molar-refractivity contribution is -0.137. The first-order valence-corrected chi connectivity index (χ1v) is 8.92. The summed E-state index contributed by atoms with van der Waals surface area (Å²) in [5.74, 6) is 0.299. The number of hydrogen-bond donors (Lipinski definition) is 2. The number of carboxylic acid groups (broad SMARTS) is 1. The van der Waals surface area contributed by atoms with Crippen LogP contribution in [0, 0.1) is 0 Å². The quantitative estimate of drug-likeness (QED) is 0.602. The summed E-state index contributed by atoms with van der Waals surface area (Å²) in [6.07, 6.45) is 9.62. The number of carboxylic acids is 1. The van der Waals surface area contributed by atoms with Gasteiger partial charge in [-0.3, -0.25) is 4.79 Å². The zero-order valence-electron chi connectivity index (χ0n) is 13.9. The van der Waals surface area contributed by atoms with Crippen LogP contribution in [0.1, 0.15) is 63.4 Å². The predicted octanol–water partition coefficient (Wildman–Crippen LogP) is 4.13. The number of hydrogen-bond acceptors (Lipinski definition) is 3. The number of aliphatic carboxylic acids is 1. The van der Waals surface area contributed by atoms with Gasteiger partial charge in [0.05, 0.1) is 6.10 Å². The molecule has 23 heavy (non-hydrogen) atoms. The normalized spacial score (nSPS) is 15.0. The molecule has 1 aromatic carbocycles. The molecule has 1 saturated carbocycles. The van der Waals surface area contributed by atoms with Gasteiger partial charge < -0.3 is 15.2 Å². The van der Waals surface area contributed by atoms with Gasteiger partial charge in [-0.05, 0) is 62.8 Å². The van der Waals surface area contributed by atoms with Gasteiger partial charge in [-0.2, -0.15) is 0 Å². The van der Waals surface area contributed by atoms with Crippen molar-refractivity contribution >= 4 is 5.97 Å². The second-order valence-corrected chi connectivity index (χ2v) is 6.41. The molecule has 2 N–H and O–H groups in total. The highest BCUT2D eigenvalue weighted by Crippen LogP contribution is 2.24. The SMILES string of the molecule is O=C(O)CCCCCCNCc1cccc(OC2CCCC2)c1. The maximum absolute atomic E-state index is 10.4. The van der Waals surface area contributed by atoms with Crippen LogP contribution in [0.5, 0.6) is 5.75 Å². The minimum absolute atomic E-state index is 0.293. The van der Waals surface area contributed by atoms with Crippen LogP contribution >= 0.6 is 0 Å². The molecule has 0 atom stereocenters. The van der Waals surface area contributed by atoms with Crippen molar-refractivity contribution < 1.29 is 14.6 Å². The number of rotatable bonds is 11. The van der Waals surface area contributed by atoms with Crippen LogP contribution in [0.3, 0.4) is 0 Å². The third-order valence-electron chi connectivity index (χ3n) is 4.33. The molecule has 0 aliphatic heterocycles. The molecule has 1 aromatic rings. The number of nitrogens with one attached hydrogen (secondary N) is 1. The molecular formula is C19H29NO3. The third kappa shape index (κ3) is 7.51. The van der Waals surface area contributed by atoms with E-state index in [1.165, 1.54) is 31.2 Å². The Morgan fingerprint density at radius 3 is 2.74 bits per heavy atom. The van der Waals surface area contributed by atoms with E-state index in [4.69, 9.17) is 9.84 Å². The molecule has 0 unspecified atom stereocenters. The first kappa shape index (κ1) is 17.8. The van der Waals surface area contributed by atoms with Gasteiger partial charge >= 0.3 is 5.97 Å². The first-order chi connectivity index (χ1) is 11.2. The van der Waals surface area contributed by atoms with E-state index in [2.05, 4.69) is 23.5 Å². The van der Waals surface area contributed by atoms with Crippen molar-refractivity contribution in [2.24, 2.45) is 0 Å². The molecule has 0 bridgehead atoms. The first-order valence-electron chi connectivity index (χ1n) is 8.92. The van der Waals surface area contributed by atoms with E-state index in [9.17, 15) is 4.79 Å². The fraction of sp³-hybridized carbons (Fsp3) is 0.632. The smallest absolute Gasteiger partial charge is 0.303 e. The summed E-state index contributed by atoms with van der Waals surface area (Å²) >= 11 is 0. The Morgan fingerprint density at radius 1 is 1.17 bits per heavy atom. The average molecular weight is 319 g/mol. The van der Waals surface area contributed by atoms with E-state index in [-0.39, 0.29) is 0 Å². The summed E-state index contributed by atoms with van der Waals surface area (Å²) in [6, 6.07) is 8.37. The maximum Gasteiger partial charge on any atom is 0.303 e. The van der Waals surface area contributed by atoms with Gasteiger partial charge in [0.1, 0.15) is 5.75 Å². The van der Waals surface area contributed by atoms with Gasteiger partial charge in [0.25, 0.3) is 0 Å². The molecular weight excluding hydrogens is 290 g/mol. The fourth-order valence-corrected chi connectivity index (χ4v) is 3.04. The monoisotopic (exact) mass is 319 g/mol. The average Bonchev–Trinajstić information content (AvgIpc) is 3.03. The highest BCUT2D eigenvalue weighted by Gasteiger charge is 2.16. The van der Waals surface area contributed by atoms with Crippen molar-refractivity contribution in [3.8, 4) is 5.75 Å². The molecule has 4 heteroatoms. The summed E-state index contributed by atoms with van der Waals surface area (Å²) in [7, 11) is 0. The highest BCUT2D eigenvalue weighted by molar-refractivity contribution is 5.66. The van der Waals surface area contributed by atoms with Gasteiger partial charge in [0.15, 0.2) is 0 Å². The Hall–Kier alpha value is -1.55. The van der Waals surface area contributed by atoms with E-state index >= 15 is 0 Å².